The Kier molecular flexibility index (Phi) is 14.8. The summed E-state index contributed by atoms with van der Waals surface area (Å²) in [5.74, 6) is -3.72. The molecule has 0 aromatic heterocycles. The topological polar surface area (TPSA) is 161 Å². The molecule has 0 radical (unpaired) electrons. The Morgan fingerprint density at radius 1 is 0.818 bits per heavy atom. The molecule has 3 aromatic rings. The van der Waals surface area contributed by atoms with Gasteiger partial charge in [-0.2, -0.15) is 0 Å². The second-order valence-electron chi connectivity index (χ2n) is 13.7. The van der Waals surface area contributed by atoms with Gasteiger partial charge in [0, 0.05) is 18.9 Å². The van der Waals surface area contributed by atoms with Crippen molar-refractivity contribution < 1.29 is 43.3 Å². The highest BCUT2D eigenvalue weighted by molar-refractivity contribution is 5.90. The number of allylic oxidation sites excluding steroid dienone is 2. The molecular formula is C43H49N3O9. The van der Waals surface area contributed by atoms with E-state index in [1.165, 1.54) is 6.08 Å². The van der Waals surface area contributed by atoms with Crippen molar-refractivity contribution in [2.45, 2.75) is 69.2 Å². The van der Waals surface area contributed by atoms with Gasteiger partial charge in [0.05, 0.1) is 18.6 Å². The molecule has 1 heterocycles. The molecule has 12 heteroatoms. The highest BCUT2D eigenvalue weighted by atomic mass is 16.6. The van der Waals surface area contributed by atoms with Crippen LogP contribution in [0.5, 0.6) is 0 Å². The van der Waals surface area contributed by atoms with Gasteiger partial charge < -0.3 is 34.9 Å². The van der Waals surface area contributed by atoms with Crippen LogP contribution in [0.3, 0.4) is 0 Å². The molecule has 55 heavy (non-hydrogen) atoms. The molecule has 0 unspecified atom stereocenters. The summed E-state index contributed by atoms with van der Waals surface area (Å²) in [5, 5.41) is 14.9. The standard InChI is InChI=1S/C43H49N3O9/c1-3-5-22-37(45-43(52)55-27-36-34-20-11-9-18-32(34)33-19-10-12-21-35(33)36)41(50)54-28-38(42(51)53-26-29-15-7-6-8-16-29)44-40(49)30(14-4-2)24-39(48)46-23-13-17-31(46)25-47/h3-4,6-12,15-16,18-21,30-31,36-38,47H,1-2,5,13-14,17,22-28H2,(H,44,49)(H,45,52)/t30-,31+,37+,38-/m1/s1. The van der Waals surface area contributed by atoms with Gasteiger partial charge in [-0.15, -0.1) is 13.2 Å². The molecule has 290 valence electrons. The Balaban J connectivity index is 1.23. The van der Waals surface area contributed by atoms with Gasteiger partial charge in [-0.1, -0.05) is 91.0 Å². The summed E-state index contributed by atoms with van der Waals surface area (Å²) >= 11 is 0. The van der Waals surface area contributed by atoms with Crippen molar-refractivity contribution in [2.75, 3.05) is 26.4 Å². The van der Waals surface area contributed by atoms with Crippen molar-refractivity contribution in [1.82, 2.24) is 15.5 Å². The fourth-order valence-electron chi connectivity index (χ4n) is 7.04. The smallest absolute Gasteiger partial charge is 0.407 e. The number of amides is 3. The van der Waals surface area contributed by atoms with Crippen LogP contribution < -0.4 is 10.6 Å². The second kappa shape index (κ2) is 20.1. The first-order valence-corrected chi connectivity index (χ1v) is 18.6. The number of carbonyl (C=O) groups excluding carboxylic acids is 5. The SMILES string of the molecule is C=CCC[C@H](NC(=O)OCC1c2ccccc2-c2ccccc21)C(=O)OC[C@@H](NC(=O)[C@H](CC=C)CC(=O)N1CCC[C@H]1CO)C(=O)OCc1ccccc1. The molecule has 0 bridgehead atoms. The Morgan fingerprint density at radius 3 is 2.13 bits per heavy atom. The van der Waals surface area contributed by atoms with E-state index in [1.54, 1.807) is 35.2 Å². The predicted octanol–water partition coefficient (Wildman–Crippen LogP) is 5.20. The molecule has 4 atom stereocenters. The Morgan fingerprint density at radius 2 is 1.47 bits per heavy atom. The number of aliphatic hydroxyl groups excluding tert-OH is 1. The summed E-state index contributed by atoms with van der Waals surface area (Å²) < 4.78 is 16.7. The van der Waals surface area contributed by atoms with Gasteiger partial charge in [0.25, 0.3) is 0 Å². The number of nitrogens with one attached hydrogen (secondary N) is 2. The van der Waals surface area contributed by atoms with Gasteiger partial charge in [0.2, 0.25) is 11.8 Å². The first-order valence-electron chi connectivity index (χ1n) is 18.6. The summed E-state index contributed by atoms with van der Waals surface area (Å²) in [6.07, 6.45) is 4.15. The maximum atomic E-state index is 13.6. The lowest BCUT2D eigenvalue weighted by atomic mass is 9.98. The minimum Gasteiger partial charge on any atom is -0.461 e. The molecule has 3 aromatic carbocycles. The van der Waals surface area contributed by atoms with E-state index in [0.29, 0.717) is 24.9 Å². The van der Waals surface area contributed by atoms with E-state index < -0.39 is 48.5 Å². The average Bonchev–Trinajstić information content (AvgIpc) is 3.82. The highest BCUT2D eigenvalue weighted by Gasteiger charge is 2.34. The monoisotopic (exact) mass is 751 g/mol. The number of benzene rings is 3. The maximum absolute atomic E-state index is 13.6. The number of nitrogens with zero attached hydrogens (tertiary/aromatic N) is 1. The number of alkyl carbamates (subject to hydrolysis) is 1. The lowest BCUT2D eigenvalue weighted by Crippen LogP contribution is -2.50. The Hall–Kier alpha value is -5.75. The third-order valence-electron chi connectivity index (χ3n) is 9.95. The summed E-state index contributed by atoms with van der Waals surface area (Å²) in [5.41, 5.74) is 4.93. The zero-order chi connectivity index (χ0) is 39.2. The molecule has 3 N–H and O–H groups in total. The lowest BCUT2D eigenvalue weighted by Gasteiger charge is -2.26. The number of esters is 2. The average molecular weight is 752 g/mol. The van der Waals surface area contributed by atoms with Crippen LogP contribution in [0.25, 0.3) is 11.1 Å². The van der Waals surface area contributed by atoms with Crippen LogP contribution in [0.4, 0.5) is 4.79 Å². The summed E-state index contributed by atoms with van der Waals surface area (Å²) in [4.78, 5) is 68.4. The van der Waals surface area contributed by atoms with Crippen LogP contribution in [0.1, 0.15) is 61.1 Å². The second-order valence-corrected chi connectivity index (χ2v) is 13.7. The van der Waals surface area contributed by atoms with E-state index in [2.05, 4.69) is 23.8 Å². The minimum absolute atomic E-state index is 0.0389. The predicted molar refractivity (Wildman–Crippen MR) is 205 cm³/mol. The summed E-state index contributed by atoms with van der Waals surface area (Å²) in [6.45, 7) is 7.07. The molecule has 1 fully saturated rings. The Bertz CT molecular complexity index is 1780. The van der Waals surface area contributed by atoms with Crippen molar-refractivity contribution in [3.8, 4) is 11.1 Å². The molecule has 1 saturated heterocycles. The van der Waals surface area contributed by atoms with Crippen LogP contribution in [-0.2, 0) is 40.0 Å². The third-order valence-corrected chi connectivity index (χ3v) is 9.95. The number of carbonyl (C=O) groups is 5. The van der Waals surface area contributed by atoms with Crippen molar-refractivity contribution in [2.24, 2.45) is 5.92 Å². The normalized spacial score (nSPS) is 16.1. The maximum Gasteiger partial charge on any atom is 0.407 e. The summed E-state index contributed by atoms with van der Waals surface area (Å²) in [6, 6.07) is 21.9. The number of ether oxygens (including phenoxy) is 3. The molecule has 2 aliphatic rings. The molecule has 3 amide bonds. The zero-order valence-electron chi connectivity index (χ0n) is 30.9. The van der Waals surface area contributed by atoms with E-state index in [4.69, 9.17) is 14.2 Å². The molecule has 5 rings (SSSR count). The van der Waals surface area contributed by atoms with Crippen LogP contribution in [0.2, 0.25) is 0 Å². The van der Waals surface area contributed by atoms with Gasteiger partial charge in [0.1, 0.15) is 25.9 Å². The van der Waals surface area contributed by atoms with Gasteiger partial charge in [-0.05, 0) is 59.9 Å². The number of hydrogen-bond donors (Lipinski definition) is 3. The molecule has 1 aliphatic carbocycles. The van der Waals surface area contributed by atoms with Crippen LogP contribution in [-0.4, -0.2) is 84.3 Å². The van der Waals surface area contributed by atoms with Crippen LogP contribution >= 0.6 is 0 Å². The number of likely N-dealkylation sites (tertiary alicyclic amines) is 1. The quantitative estimate of drug-likeness (QED) is 0.0851. The minimum atomic E-state index is -1.44. The van der Waals surface area contributed by atoms with Gasteiger partial charge in [-0.25, -0.2) is 14.4 Å². The number of rotatable bonds is 19. The lowest BCUT2D eigenvalue weighted by molar-refractivity contribution is -0.156. The van der Waals surface area contributed by atoms with Gasteiger partial charge in [0.15, 0.2) is 6.04 Å². The van der Waals surface area contributed by atoms with Gasteiger partial charge in [-0.3, -0.25) is 9.59 Å². The van der Waals surface area contributed by atoms with E-state index >= 15 is 0 Å². The fraction of sp³-hybridized carbons (Fsp3) is 0.372. The highest BCUT2D eigenvalue weighted by Crippen LogP contribution is 2.44. The Labute approximate surface area is 321 Å². The molecule has 0 saturated carbocycles. The molecule has 1 aliphatic heterocycles. The van der Waals surface area contributed by atoms with E-state index in [-0.39, 0.29) is 57.0 Å². The van der Waals surface area contributed by atoms with E-state index in [1.807, 2.05) is 54.6 Å². The van der Waals surface area contributed by atoms with Crippen LogP contribution in [0, 0.1) is 5.92 Å². The number of hydrogen-bond acceptors (Lipinski definition) is 9. The van der Waals surface area contributed by atoms with Crippen molar-refractivity contribution in [3.63, 3.8) is 0 Å². The van der Waals surface area contributed by atoms with E-state index in [0.717, 1.165) is 28.7 Å². The number of aliphatic hydroxyl groups is 1. The van der Waals surface area contributed by atoms with E-state index in [9.17, 15) is 29.1 Å². The molecular weight excluding hydrogens is 702 g/mol. The fourth-order valence-corrected chi connectivity index (χ4v) is 7.04. The van der Waals surface area contributed by atoms with Gasteiger partial charge >= 0.3 is 18.0 Å². The zero-order valence-corrected chi connectivity index (χ0v) is 30.9. The first kappa shape index (κ1) is 40.4. The first-order chi connectivity index (χ1) is 26.7. The van der Waals surface area contributed by atoms with Crippen LogP contribution in [0.15, 0.2) is 104 Å². The third kappa shape index (κ3) is 10.7. The molecule has 12 nitrogen and oxygen atoms in total. The van der Waals surface area contributed by atoms with Crippen molar-refractivity contribution >= 4 is 29.8 Å². The molecule has 0 spiro atoms. The van der Waals surface area contributed by atoms with Crippen molar-refractivity contribution in [3.05, 3.63) is 121 Å². The van der Waals surface area contributed by atoms with Crippen molar-refractivity contribution in [1.29, 1.82) is 0 Å². The largest absolute Gasteiger partial charge is 0.461 e. The number of fused-ring (bicyclic) bond motifs is 3. The summed E-state index contributed by atoms with van der Waals surface area (Å²) in [7, 11) is 0.